The zero-order chi connectivity index (χ0) is 17.7. The molecule has 0 fully saturated rings. The second kappa shape index (κ2) is 12.5. The van der Waals surface area contributed by atoms with Crippen molar-refractivity contribution in [3.63, 3.8) is 0 Å². The fourth-order valence-electron chi connectivity index (χ4n) is 2.06. The Morgan fingerprint density at radius 2 is 1.65 bits per heavy atom. The highest BCUT2D eigenvalue weighted by Crippen LogP contribution is 2.18. The maximum atomic E-state index is 11.5. The fraction of sp³-hybridized carbons (Fsp3) is 0.889. The summed E-state index contributed by atoms with van der Waals surface area (Å²) in [6.45, 7) is 9.01. The van der Waals surface area contributed by atoms with Crippen LogP contribution >= 0.6 is 0 Å². The molecular formula is C18H34O5. The summed E-state index contributed by atoms with van der Waals surface area (Å²) < 4.78 is 10.9. The third-order valence-electron chi connectivity index (χ3n) is 3.70. The third-order valence-corrected chi connectivity index (χ3v) is 3.70. The van der Waals surface area contributed by atoms with E-state index in [1.807, 2.05) is 13.8 Å². The van der Waals surface area contributed by atoms with Crippen molar-refractivity contribution in [3.8, 4) is 0 Å². The minimum absolute atomic E-state index is 0.0271. The van der Waals surface area contributed by atoms with Crippen molar-refractivity contribution < 1.29 is 24.2 Å². The summed E-state index contributed by atoms with van der Waals surface area (Å²) in [6.07, 6.45) is 4.72. The van der Waals surface area contributed by atoms with E-state index in [2.05, 4.69) is 13.8 Å². The first-order valence-corrected chi connectivity index (χ1v) is 8.71. The smallest absolute Gasteiger partial charge is 0.306 e. The summed E-state index contributed by atoms with van der Waals surface area (Å²) in [4.78, 5) is 22.9. The lowest BCUT2D eigenvalue weighted by atomic mass is 10.0. The van der Waals surface area contributed by atoms with E-state index in [-0.39, 0.29) is 42.7 Å². The number of rotatable bonds is 14. The summed E-state index contributed by atoms with van der Waals surface area (Å²) in [5, 5.41) is 8.78. The lowest BCUT2D eigenvalue weighted by molar-refractivity contribution is -0.145. The topological polar surface area (TPSA) is 72.8 Å². The lowest BCUT2D eigenvalue weighted by Crippen LogP contribution is -2.25. The zero-order valence-corrected chi connectivity index (χ0v) is 15.2. The van der Waals surface area contributed by atoms with Crippen LogP contribution in [-0.4, -0.2) is 42.3 Å². The summed E-state index contributed by atoms with van der Waals surface area (Å²) in [5.74, 6) is -0.233. The average molecular weight is 330 g/mol. The molecule has 0 aliphatic heterocycles. The SMILES string of the molecule is CC(C)C(=O)CCC(=O)OCCCCOC(C)(C)CCCCO. The van der Waals surface area contributed by atoms with Crippen LogP contribution in [0.2, 0.25) is 0 Å². The van der Waals surface area contributed by atoms with Gasteiger partial charge in [-0.1, -0.05) is 13.8 Å². The van der Waals surface area contributed by atoms with Gasteiger partial charge in [0.15, 0.2) is 0 Å². The Morgan fingerprint density at radius 3 is 2.26 bits per heavy atom. The van der Waals surface area contributed by atoms with Gasteiger partial charge in [-0.3, -0.25) is 9.59 Å². The first-order valence-electron chi connectivity index (χ1n) is 8.71. The second-order valence-corrected chi connectivity index (χ2v) is 6.84. The molecule has 0 radical (unpaired) electrons. The number of esters is 1. The van der Waals surface area contributed by atoms with Crippen molar-refractivity contribution in [2.45, 2.75) is 78.2 Å². The van der Waals surface area contributed by atoms with Gasteiger partial charge in [0.25, 0.3) is 0 Å². The van der Waals surface area contributed by atoms with Gasteiger partial charge < -0.3 is 14.6 Å². The molecule has 0 saturated heterocycles. The molecule has 0 spiro atoms. The largest absolute Gasteiger partial charge is 0.466 e. The monoisotopic (exact) mass is 330 g/mol. The molecule has 1 N–H and O–H groups in total. The molecule has 0 unspecified atom stereocenters. The molecule has 0 heterocycles. The van der Waals surface area contributed by atoms with E-state index in [4.69, 9.17) is 14.6 Å². The molecule has 0 rings (SSSR count). The van der Waals surface area contributed by atoms with Crippen molar-refractivity contribution in [1.82, 2.24) is 0 Å². The van der Waals surface area contributed by atoms with Gasteiger partial charge in [-0.2, -0.15) is 0 Å². The van der Waals surface area contributed by atoms with E-state index in [9.17, 15) is 9.59 Å². The number of hydrogen-bond donors (Lipinski definition) is 1. The van der Waals surface area contributed by atoms with Gasteiger partial charge in [0.2, 0.25) is 0 Å². The Kier molecular flexibility index (Phi) is 12.0. The van der Waals surface area contributed by atoms with Gasteiger partial charge in [-0.15, -0.1) is 0 Å². The van der Waals surface area contributed by atoms with E-state index in [0.29, 0.717) is 13.2 Å². The Hall–Kier alpha value is -0.940. The van der Waals surface area contributed by atoms with Crippen LogP contribution < -0.4 is 0 Å². The number of aliphatic hydroxyl groups is 1. The lowest BCUT2D eigenvalue weighted by Gasteiger charge is -2.25. The van der Waals surface area contributed by atoms with Crippen LogP contribution in [0.3, 0.4) is 0 Å². The Balaban J connectivity index is 3.58. The quantitative estimate of drug-likeness (QED) is 0.391. The minimum atomic E-state index is -0.302. The normalized spacial score (nSPS) is 11.7. The maximum Gasteiger partial charge on any atom is 0.306 e. The molecule has 0 aromatic heterocycles. The van der Waals surface area contributed by atoms with Gasteiger partial charge in [0.05, 0.1) is 18.6 Å². The van der Waals surface area contributed by atoms with Gasteiger partial charge in [-0.25, -0.2) is 0 Å². The van der Waals surface area contributed by atoms with Gasteiger partial charge >= 0.3 is 5.97 Å². The molecular weight excluding hydrogens is 296 g/mol. The zero-order valence-electron chi connectivity index (χ0n) is 15.2. The average Bonchev–Trinajstić information content (AvgIpc) is 2.48. The van der Waals surface area contributed by atoms with E-state index in [0.717, 1.165) is 32.1 Å². The van der Waals surface area contributed by atoms with E-state index >= 15 is 0 Å². The maximum absolute atomic E-state index is 11.5. The molecule has 0 aliphatic carbocycles. The van der Waals surface area contributed by atoms with E-state index in [1.54, 1.807) is 0 Å². The van der Waals surface area contributed by atoms with Crippen LogP contribution in [0, 0.1) is 5.92 Å². The molecule has 136 valence electrons. The number of hydrogen-bond acceptors (Lipinski definition) is 5. The van der Waals surface area contributed by atoms with E-state index < -0.39 is 0 Å². The molecule has 0 aromatic carbocycles. The molecule has 0 aromatic rings. The Labute approximate surface area is 140 Å². The first-order chi connectivity index (χ1) is 10.8. The van der Waals surface area contributed by atoms with E-state index in [1.165, 1.54) is 0 Å². The van der Waals surface area contributed by atoms with Crippen molar-refractivity contribution in [2.24, 2.45) is 5.92 Å². The Bertz CT molecular complexity index is 336. The van der Waals surface area contributed by atoms with Gasteiger partial charge in [-0.05, 0) is 46.0 Å². The second-order valence-electron chi connectivity index (χ2n) is 6.84. The number of carbonyl (C=O) groups is 2. The molecule has 0 aliphatic rings. The highest BCUT2D eigenvalue weighted by atomic mass is 16.5. The number of ketones is 1. The number of Topliss-reactive ketones (excluding diaryl/α,β-unsaturated/α-hetero) is 1. The molecule has 23 heavy (non-hydrogen) atoms. The molecule has 5 nitrogen and oxygen atoms in total. The summed E-state index contributed by atoms with van der Waals surface area (Å²) in [7, 11) is 0. The van der Waals surface area contributed by atoms with Crippen molar-refractivity contribution in [1.29, 1.82) is 0 Å². The van der Waals surface area contributed by atoms with Crippen molar-refractivity contribution in [2.75, 3.05) is 19.8 Å². The molecule has 0 atom stereocenters. The van der Waals surface area contributed by atoms with Crippen LogP contribution in [0.1, 0.15) is 72.6 Å². The van der Waals surface area contributed by atoms with Gasteiger partial charge in [0.1, 0.15) is 5.78 Å². The first kappa shape index (κ1) is 22.1. The summed E-state index contributed by atoms with van der Waals surface area (Å²) in [6, 6.07) is 0. The number of unbranched alkanes of at least 4 members (excludes halogenated alkanes) is 2. The summed E-state index contributed by atoms with van der Waals surface area (Å²) >= 11 is 0. The van der Waals surface area contributed by atoms with Crippen LogP contribution in [0.25, 0.3) is 0 Å². The van der Waals surface area contributed by atoms with Crippen molar-refractivity contribution in [3.05, 3.63) is 0 Å². The van der Waals surface area contributed by atoms with Gasteiger partial charge in [0, 0.05) is 25.6 Å². The van der Waals surface area contributed by atoms with Crippen molar-refractivity contribution >= 4 is 11.8 Å². The minimum Gasteiger partial charge on any atom is -0.466 e. The number of carbonyl (C=O) groups excluding carboxylic acids is 2. The fourth-order valence-corrected chi connectivity index (χ4v) is 2.06. The third kappa shape index (κ3) is 13.2. The van der Waals surface area contributed by atoms with Crippen LogP contribution in [0.4, 0.5) is 0 Å². The number of aliphatic hydroxyl groups excluding tert-OH is 1. The predicted molar refractivity (Wildman–Crippen MR) is 90.2 cm³/mol. The van der Waals surface area contributed by atoms with Crippen LogP contribution in [0.5, 0.6) is 0 Å². The Morgan fingerprint density at radius 1 is 1.00 bits per heavy atom. The molecule has 0 bridgehead atoms. The van der Waals surface area contributed by atoms with Crippen LogP contribution in [-0.2, 0) is 19.1 Å². The predicted octanol–water partition coefficient (Wildman–Crippen LogP) is 3.27. The standard InChI is InChI=1S/C18H34O5/c1-15(2)16(20)9-10-17(21)22-13-7-8-14-23-18(3,4)11-5-6-12-19/h15,19H,5-14H2,1-4H3. The highest BCUT2D eigenvalue weighted by Gasteiger charge is 2.17. The number of ether oxygens (including phenoxy) is 2. The molecule has 5 heteroatoms. The molecule has 0 saturated carbocycles. The highest BCUT2D eigenvalue weighted by molar-refractivity contribution is 5.84. The van der Waals surface area contributed by atoms with Crippen LogP contribution in [0.15, 0.2) is 0 Å². The summed E-state index contributed by atoms with van der Waals surface area (Å²) in [5.41, 5.74) is -0.178. The molecule has 0 amide bonds.